The second-order valence-electron chi connectivity index (χ2n) is 4.59. The molecule has 2 amide bonds. The summed E-state index contributed by atoms with van der Waals surface area (Å²) in [7, 11) is 1.31. The average Bonchev–Trinajstić information content (AvgIpc) is 2.58. The van der Waals surface area contributed by atoms with Gasteiger partial charge in [0.1, 0.15) is 11.4 Å². The van der Waals surface area contributed by atoms with Crippen LogP contribution in [0, 0.1) is 5.21 Å². The maximum absolute atomic E-state index is 12.0. The van der Waals surface area contributed by atoms with Crippen LogP contribution >= 0.6 is 0 Å². The number of methoxy groups -OCH3 is 1. The summed E-state index contributed by atoms with van der Waals surface area (Å²) < 4.78 is 5.04. The van der Waals surface area contributed by atoms with E-state index >= 15 is 0 Å². The van der Waals surface area contributed by atoms with E-state index in [2.05, 4.69) is 10.3 Å². The van der Waals surface area contributed by atoms with E-state index < -0.39 is 11.8 Å². The summed E-state index contributed by atoms with van der Waals surface area (Å²) in [6.45, 7) is -0.108. The van der Waals surface area contributed by atoms with Crippen molar-refractivity contribution in [2.45, 2.75) is 12.8 Å². The standard InChI is InChI=1S/C14H20N3O6/c1-23-12-8-11(13(20)15-4-2-6-18)16-9-10(12)14(21)17(22)5-3-7-19/h8-9,18-19H,2-7H2,1H3,(H,15,20)/q-1. The Morgan fingerprint density at radius 1 is 1.35 bits per heavy atom. The number of ether oxygens (including phenoxy) is 1. The first kappa shape index (κ1) is 18.8. The topological polar surface area (TPSA) is 135 Å². The molecule has 3 N–H and O–H groups in total. The molecular weight excluding hydrogens is 306 g/mol. The number of hydroxylamine groups is 2. The summed E-state index contributed by atoms with van der Waals surface area (Å²) in [6.07, 6.45) is 1.68. The lowest BCUT2D eigenvalue weighted by Crippen LogP contribution is -2.28. The van der Waals surface area contributed by atoms with Crippen LogP contribution in [-0.4, -0.2) is 65.5 Å². The fraction of sp³-hybridized carbons (Fsp3) is 0.500. The van der Waals surface area contributed by atoms with E-state index in [0.29, 0.717) is 6.42 Å². The second-order valence-corrected chi connectivity index (χ2v) is 4.59. The van der Waals surface area contributed by atoms with E-state index in [1.54, 1.807) is 0 Å². The average molecular weight is 326 g/mol. The molecule has 0 spiro atoms. The molecule has 9 nitrogen and oxygen atoms in total. The monoisotopic (exact) mass is 326 g/mol. The Labute approximate surface area is 133 Å². The number of carbonyl (C=O) groups is 2. The molecule has 128 valence electrons. The summed E-state index contributed by atoms with van der Waals surface area (Å²) in [5.41, 5.74) is -0.0310. The summed E-state index contributed by atoms with van der Waals surface area (Å²) in [6, 6.07) is 1.27. The summed E-state index contributed by atoms with van der Waals surface area (Å²) in [5.74, 6) is -1.27. The van der Waals surface area contributed by atoms with Gasteiger partial charge < -0.3 is 30.5 Å². The van der Waals surface area contributed by atoms with Crippen LogP contribution in [0.1, 0.15) is 33.7 Å². The lowest BCUT2D eigenvalue weighted by atomic mass is 10.2. The molecule has 1 aromatic heterocycles. The molecule has 0 unspecified atom stereocenters. The Morgan fingerprint density at radius 2 is 2.04 bits per heavy atom. The lowest BCUT2D eigenvalue weighted by molar-refractivity contribution is 0.0809. The Balaban J connectivity index is 2.87. The van der Waals surface area contributed by atoms with Crippen molar-refractivity contribution in [1.82, 2.24) is 15.4 Å². The Hall–Kier alpha value is -2.23. The fourth-order valence-corrected chi connectivity index (χ4v) is 1.71. The van der Waals surface area contributed by atoms with E-state index in [1.807, 2.05) is 0 Å². The molecule has 0 saturated carbocycles. The van der Waals surface area contributed by atoms with Gasteiger partial charge in [0, 0.05) is 38.6 Å². The van der Waals surface area contributed by atoms with Crippen molar-refractivity contribution in [2.75, 3.05) is 33.4 Å². The van der Waals surface area contributed by atoms with Crippen LogP contribution in [0.2, 0.25) is 0 Å². The Morgan fingerprint density at radius 3 is 2.65 bits per heavy atom. The number of aromatic nitrogens is 1. The normalized spacial score (nSPS) is 10.3. The van der Waals surface area contributed by atoms with Crippen LogP contribution in [0.25, 0.3) is 0 Å². The molecule has 0 bridgehead atoms. The SMILES string of the molecule is COc1cc(C(=O)NCCCO)ncc1C(=O)N([O-])CCCO. The smallest absolute Gasteiger partial charge is 0.270 e. The highest BCUT2D eigenvalue weighted by atomic mass is 16.5. The van der Waals surface area contributed by atoms with Gasteiger partial charge in [0.15, 0.2) is 0 Å². The molecule has 0 aliphatic heterocycles. The zero-order valence-electron chi connectivity index (χ0n) is 12.8. The van der Waals surface area contributed by atoms with Gasteiger partial charge in [-0.3, -0.25) is 9.59 Å². The van der Waals surface area contributed by atoms with Crippen LogP contribution < -0.4 is 10.1 Å². The number of amides is 2. The van der Waals surface area contributed by atoms with E-state index in [1.165, 1.54) is 13.2 Å². The minimum Gasteiger partial charge on any atom is -0.756 e. The lowest BCUT2D eigenvalue weighted by Gasteiger charge is -2.28. The molecule has 0 aromatic carbocycles. The third kappa shape index (κ3) is 5.47. The number of nitrogens with zero attached hydrogens (tertiary/aromatic N) is 2. The molecule has 0 radical (unpaired) electrons. The Kier molecular flexibility index (Phi) is 7.95. The predicted octanol–water partition coefficient (Wildman–Crippen LogP) is -0.475. The van der Waals surface area contributed by atoms with Crippen molar-refractivity contribution in [1.29, 1.82) is 0 Å². The van der Waals surface area contributed by atoms with Crippen molar-refractivity contribution >= 4 is 11.8 Å². The van der Waals surface area contributed by atoms with Crippen LogP contribution in [0.15, 0.2) is 12.3 Å². The van der Waals surface area contributed by atoms with Crippen molar-refractivity contribution in [3.05, 3.63) is 28.7 Å². The number of rotatable bonds is 9. The summed E-state index contributed by atoms with van der Waals surface area (Å²) >= 11 is 0. The first-order chi connectivity index (χ1) is 11.0. The molecule has 23 heavy (non-hydrogen) atoms. The zero-order chi connectivity index (χ0) is 17.2. The molecule has 1 heterocycles. The first-order valence-corrected chi connectivity index (χ1v) is 7.08. The van der Waals surface area contributed by atoms with Gasteiger partial charge in [0.2, 0.25) is 5.91 Å². The molecule has 9 heteroatoms. The maximum atomic E-state index is 12.0. The van der Waals surface area contributed by atoms with Crippen LogP contribution in [0.5, 0.6) is 5.75 Å². The highest BCUT2D eigenvalue weighted by Crippen LogP contribution is 2.20. The van der Waals surface area contributed by atoms with E-state index in [4.69, 9.17) is 14.9 Å². The molecule has 0 fully saturated rings. The summed E-state index contributed by atoms with van der Waals surface area (Å²) in [4.78, 5) is 27.7. The highest BCUT2D eigenvalue weighted by molar-refractivity contribution is 5.99. The number of nitrogens with one attached hydrogen (secondary N) is 1. The van der Waals surface area contributed by atoms with E-state index in [0.717, 1.165) is 6.20 Å². The van der Waals surface area contributed by atoms with Crippen molar-refractivity contribution in [3.63, 3.8) is 0 Å². The van der Waals surface area contributed by atoms with Crippen molar-refractivity contribution in [2.24, 2.45) is 0 Å². The van der Waals surface area contributed by atoms with E-state index in [9.17, 15) is 14.8 Å². The van der Waals surface area contributed by atoms with Crippen molar-refractivity contribution in [3.8, 4) is 5.75 Å². The van der Waals surface area contributed by atoms with E-state index in [-0.39, 0.29) is 54.8 Å². The number of hydrogen-bond acceptors (Lipinski definition) is 7. The second kappa shape index (κ2) is 9.72. The fourth-order valence-electron chi connectivity index (χ4n) is 1.71. The highest BCUT2D eigenvalue weighted by Gasteiger charge is 2.17. The zero-order valence-corrected chi connectivity index (χ0v) is 12.8. The molecule has 0 atom stereocenters. The van der Waals surface area contributed by atoms with Gasteiger partial charge in [-0.1, -0.05) is 0 Å². The van der Waals surface area contributed by atoms with Gasteiger partial charge in [-0.2, -0.15) is 0 Å². The minimum absolute atomic E-state index is 0.0316. The van der Waals surface area contributed by atoms with Gasteiger partial charge in [-0.05, 0) is 12.8 Å². The Bertz CT molecular complexity index is 537. The molecule has 1 aromatic rings. The van der Waals surface area contributed by atoms with Gasteiger partial charge in [0.05, 0.1) is 12.7 Å². The maximum Gasteiger partial charge on any atom is 0.270 e. The van der Waals surface area contributed by atoms with Crippen LogP contribution in [-0.2, 0) is 0 Å². The van der Waals surface area contributed by atoms with Gasteiger partial charge in [-0.25, -0.2) is 4.98 Å². The first-order valence-electron chi connectivity index (χ1n) is 7.08. The van der Waals surface area contributed by atoms with Crippen LogP contribution in [0.4, 0.5) is 0 Å². The quantitative estimate of drug-likeness (QED) is 0.412. The van der Waals surface area contributed by atoms with Gasteiger partial charge in [0.25, 0.3) is 5.91 Å². The minimum atomic E-state index is -0.852. The number of carbonyl (C=O) groups excluding carboxylic acids is 2. The van der Waals surface area contributed by atoms with Crippen molar-refractivity contribution < 1.29 is 24.5 Å². The molecule has 0 aliphatic carbocycles. The molecule has 0 saturated heterocycles. The molecule has 0 aliphatic rings. The predicted molar refractivity (Wildman–Crippen MR) is 80.9 cm³/mol. The third-order valence-electron chi connectivity index (χ3n) is 2.92. The van der Waals surface area contributed by atoms with Crippen LogP contribution in [0.3, 0.4) is 0 Å². The number of hydrogen-bond donors (Lipinski definition) is 3. The van der Waals surface area contributed by atoms with Gasteiger partial charge >= 0.3 is 0 Å². The summed E-state index contributed by atoms with van der Waals surface area (Å²) in [5, 5.41) is 31.7. The number of pyridine rings is 1. The molecular formula is C14H20N3O6-. The third-order valence-corrected chi connectivity index (χ3v) is 2.92. The number of aliphatic hydroxyl groups is 2. The largest absolute Gasteiger partial charge is 0.756 e. The number of aliphatic hydroxyl groups excluding tert-OH is 2. The molecule has 1 rings (SSSR count). The van der Waals surface area contributed by atoms with Gasteiger partial charge in [-0.15, -0.1) is 0 Å².